The van der Waals surface area contributed by atoms with Crippen molar-refractivity contribution in [2.75, 3.05) is 12.0 Å². The molecule has 33 heavy (non-hydrogen) atoms. The summed E-state index contributed by atoms with van der Waals surface area (Å²) in [6.07, 6.45) is 1.80. The number of furan rings is 1. The lowest BCUT2D eigenvalue weighted by molar-refractivity contribution is 0.414. The lowest BCUT2D eigenvalue weighted by Crippen LogP contribution is -2.29. The lowest BCUT2D eigenvalue weighted by atomic mass is 10.0. The summed E-state index contributed by atoms with van der Waals surface area (Å²) in [4.78, 5) is 6.68. The molecule has 0 radical (unpaired) electrons. The number of thiocarbonyl (C=S) groups is 1. The summed E-state index contributed by atoms with van der Waals surface area (Å²) in [5, 5.41) is 4.08. The minimum Gasteiger partial charge on any atom is -0.497 e. The molecule has 0 spiro atoms. The molecule has 1 N–H and O–H groups in total. The van der Waals surface area contributed by atoms with Gasteiger partial charge >= 0.3 is 0 Å². The highest BCUT2D eigenvalue weighted by Gasteiger charge is 2.42. The molecule has 2 atom stereocenters. The molecule has 0 saturated carbocycles. The summed E-state index contributed by atoms with van der Waals surface area (Å²) in [6.45, 7) is 2.07. The number of rotatable bonds is 5. The van der Waals surface area contributed by atoms with Gasteiger partial charge in [-0.15, -0.1) is 0 Å². The van der Waals surface area contributed by atoms with Gasteiger partial charge in [-0.3, -0.25) is 4.98 Å². The van der Waals surface area contributed by atoms with Crippen molar-refractivity contribution in [2.45, 2.75) is 19.0 Å². The van der Waals surface area contributed by atoms with E-state index in [-0.39, 0.29) is 12.1 Å². The Morgan fingerprint density at radius 1 is 1.06 bits per heavy atom. The maximum Gasteiger partial charge on any atom is 0.174 e. The molecule has 4 aromatic rings. The zero-order chi connectivity index (χ0) is 22.9. The van der Waals surface area contributed by atoms with E-state index < -0.39 is 0 Å². The number of hydrogen-bond acceptors (Lipinski definition) is 4. The number of nitrogens with one attached hydrogen (secondary N) is 1. The van der Waals surface area contributed by atoms with E-state index in [0.717, 1.165) is 38.7 Å². The van der Waals surface area contributed by atoms with Crippen molar-refractivity contribution >= 4 is 38.9 Å². The molecule has 1 saturated heterocycles. The molecule has 1 fully saturated rings. The number of nitrogens with zero attached hydrogens (tertiary/aromatic N) is 2. The molecule has 2 aromatic carbocycles. The van der Waals surface area contributed by atoms with E-state index in [1.54, 1.807) is 13.3 Å². The third-order valence-electron chi connectivity index (χ3n) is 5.76. The molecular formula is C26H22BrN3O2S. The van der Waals surface area contributed by atoms with Gasteiger partial charge in [0.2, 0.25) is 0 Å². The quantitative estimate of drug-likeness (QED) is 0.300. The Labute approximate surface area is 206 Å². The Morgan fingerprint density at radius 3 is 2.58 bits per heavy atom. The van der Waals surface area contributed by atoms with Gasteiger partial charge in [-0.2, -0.15) is 0 Å². The number of anilines is 1. The number of pyridine rings is 1. The van der Waals surface area contributed by atoms with Gasteiger partial charge in [0.05, 0.1) is 18.8 Å². The number of methoxy groups -OCH3 is 1. The Bertz CT molecular complexity index is 1290. The van der Waals surface area contributed by atoms with Crippen molar-refractivity contribution in [2.24, 2.45) is 0 Å². The van der Waals surface area contributed by atoms with Crippen LogP contribution in [0.2, 0.25) is 0 Å². The maximum absolute atomic E-state index is 6.45. The Kier molecular flexibility index (Phi) is 5.91. The van der Waals surface area contributed by atoms with Crippen LogP contribution in [0.3, 0.4) is 0 Å². The molecule has 0 aliphatic carbocycles. The van der Waals surface area contributed by atoms with Gasteiger partial charge in [0.1, 0.15) is 23.3 Å². The summed E-state index contributed by atoms with van der Waals surface area (Å²) in [5.41, 5.74) is 4.04. The number of hydrogen-bond donors (Lipinski definition) is 1. The molecule has 3 heterocycles. The second-order valence-corrected chi connectivity index (χ2v) is 9.12. The van der Waals surface area contributed by atoms with Crippen molar-refractivity contribution in [3.63, 3.8) is 0 Å². The van der Waals surface area contributed by atoms with Crippen LogP contribution in [-0.4, -0.2) is 17.2 Å². The number of benzene rings is 2. The standard InChI is InChI=1S/C26H22BrN3O2S/c1-16-6-11-19(20(27)15-16)22-12-13-23(32-22)25-24(21-5-3-4-14-28-21)29-26(33)30(25)17-7-9-18(31-2)10-8-17/h3-15,24-25H,1-2H3,(H,29,33)/t24-,25-/m0/s1. The van der Waals surface area contributed by atoms with E-state index in [4.69, 9.17) is 21.4 Å². The predicted octanol–water partition coefficient (Wildman–Crippen LogP) is 6.60. The topological polar surface area (TPSA) is 50.5 Å². The first-order valence-electron chi connectivity index (χ1n) is 10.6. The smallest absolute Gasteiger partial charge is 0.174 e. The van der Waals surface area contributed by atoms with E-state index in [1.807, 2.05) is 54.6 Å². The highest BCUT2D eigenvalue weighted by atomic mass is 79.9. The minimum atomic E-state index is -0.209. The van der Waals surface area contributed by atoms with Gasteiger partial charge in [0.25, 0.3) is 0 Å². The van der Waals surface area contributed by atoms with Crippen LogP contribution >= 0.6 is 28.1 Å². The molecule has 5 nitrogen and oxygen atoms in total. The van der Waals surface area contributed by atoms with Crippen molar-refractivity contribution in [1.82, 2.24) is 10.3 Å². The fourth-order valence-corrected chi connectivity index (χ4v) is 5.18. The first-order chi connectivity index (χ1) is 16.0. The predicted molar refractivity (Wildman–Crippen MR) is 138 cm³/mol. The van der Waals surface area contributed by atoms with Crippen LogP contribution in [0, 0.1) is 6.92 Å². The van der Waals surface area contributed by atoms with Gasteiger partial charge in [-0.25, -0.2) is 0 Å². The number of halogens is 1. The molecule has 0 unspecified atom stereocenters. The summed E-state index contributed by atoms with van der Waals surface area (Å²) < 4.78 is 12.8. The Balaban J connectivity index is 1.59. The minimum absolute atomic E-state index is 0.165. The van der Waals surface area contributed by atoms with Crippen molar-refractivity contribution in [3.8, 4) is 17.1 Å². The van der Waals surface area contributed by atoms with E-state index in [2.05, 4.69) is 56.3 Å². The maximum atomic E-state index is 6.45. The van der Waals surface area contributed by atoms with E-state index >= 15 is 0 Å². The largest absolute Gasteiger partial charge is 0.497 e. The van der Waals surface area contributed by atoms with Crippen molar-refractivity contribution in [1.29, 1.82) is 0 Å². The second kappa shape index (κ2) is 9.00. The van der Waals surface area contributed by atoms with Gasteiger partial charge in [0.15, 0.2) is 5.11 Å². The summed E-state index contributed by atoms with van der Waals surface area (Å²) in [6, 6.07) is 23.6. The zero-order valence-electron chi connectivity index (χ0n) is 18.2. The fourth-order valence-electron chi connectivity index (χ4n) is 4.14. The molecule has 7 heteroatoms. The number of ether oxygens (including phenoxy) is 1. The third kappa shape index (κ3) is 4.14. The van der Waals surface area contributed by atoms with Crippen LogP contribution < -0.4 is 15.0 Å². The van der Waals surface area contributed by atoms with Crippen LogP contribution in [0.4, 0.5) is 5.69 Å². The first kappa shape index (κ1) is 21.7. The number of aromatic nitrogens is 1. The SMILES string of the molecule is COc1ccc(N2C(=S)N[C@@H](c3ccccn3)[C@@H]2c2ccc(-c3ccc(C)cc3Br)o2)cc1. The summed E-state index contributed by atoms with van der Waals surface area (Å²) in [5.74, 6) is 2.39. The molecular weight excluding hydrogens is 498 g/mol. The van der Waals surface area contributed by atoms with E-state index in [9.17, 15) is 0 Å². The van der Waals surface area contributed by atoms with Crippen LogP contribution in [0.25, 0.3) is 11.3 Å². The van der Waals surface area contributed by atoms with Crippen LogP contribution in [0.5, 0.6) is 5.75 Å². The normalized spacial score (nSPS) is 17.8. The lowest BCUT2D eigenvalue weighted by Gasteiger charge is -2.26. The molecule has 1 aliphatic heterocycles. The average Bonchev–Trinajstić information content (AvgIpc) is 3.44. The van der Waals surface area contributed by atoms with Gasteiger partial charge in [-0.1, -0.05) is 28.1 Å². The van der Waals surface area contributed by atoms with Gasteiger partial charge < -0.3 is 19.4 Å². The molecule has 0 amide bonds. The van der Waals surface area contributed by atoms with Crippen LogP contribution in [-0.2, 0) is 0 Å². The summed E-state index contributed by atoms with van der Waals surface area (Å²) >= 11 is 9.45. The molecule has 0 bridgehead atoms. The highest BCUT2D eigenvalue weighted by Crippen LogP contribution is 2.43. The number of aryl methyl sites for hydroxylation is 1. The molecule has 1 aliphatic rings. The average molecular weight is 520 g/mol. The van der Waals surface area contributed by atoms with Crippen LogP contribution in [0.1, 0.15) is 29.1 Å². The Morgan fingerprint density at radius 2 is 1.88 bits per heavy atom. The Hall–Kier alpha value is -3.16. The van der Waals surface area contributed by atoms with Gasteiger partial charge in [-0.05, 0) is 85.4 Å². The fraction of sp³-hybridized carbons (Fsp3) is 0.154. The molecule has 2 aromatic heterocycles. The highest BCUT2D eigenvalue weighted by molar-refractivity contribution is 9.10. The second-order valence-electron chi connectivity index (χ2n) is 7.88. The van der Waals surface area contributed by atoms with E-state index in [1.165, 1.54) is 5.56 Å². The van der Waals surface area contributed by atoms with Crippen LogP contribution in [0.15, 0.2) is 87.9 Å². The van der Waals surface area contributed by atoms with Crippen molar-refractivity contribution < 1.29 is 9.15 Å². The van der Waals surface area contributed by atoms with Crippen molar-refractivity contribution in [3.05, 3.63) is 100 Å². The zero-order valence-corrected chi connectivity index (χ0v) is 20.6. The van der Waals surface area contributed by atoms with E-state index in [0.29, 0.717) is 5.11 Å². The van der Waals surface area contributed by atoms with Gasteiger partial charge in [0, 0.05) is 21.9 Å². The first-order valence-corrected chi connectivity index (χ1v) is 11.8. The molecule has 166 valence electrons. The monoisotopic (exact) mass is 519 g/mol. The summed E-state index contributed by atoms with van der Waals surface area (Å²) in [7, 11) is 1.66. The third-order valence-corrected chi connectivity index (χ3v) is 6.73. The molecule has 5 rings (SSSR count).